The highest BCUT2D eigenvalue weighted by atomic mass is 19.3. The van der Waals surface area contributed by atoms with E-state index in [1.165, 1.54) is 16.8 Å². The summed E-state index contributed by atoms with van der Waals surface area (Å²) in [4.78, 5) is 26.3. The van der Waals surface area contributed by atoms with Gasteiger partial charge in [-0.25, -0.2) is 23.1 Å². The van der Waals surface area contributed by atoms with Crippen LogP contribution in [0, 0.1) is 5.92 Å². The van der Waals surface area contributed by atoms with Crippen LogP contribution >= 0.6 is 0 Å². The van der Waals surface area contributed by atoms with E-state index >= 15 is 0 Å². The molecule has 24 heavy (non-hydrogen) atoms. The molecule has 0 unspecified atom stereocenters. The second-order valence-electron chi connectivity index (χ2n) is 5.93. The Kier molecular flexibility index (Phi) is 4.16. The van der Waals surface area contributed by atoms with E-state index in [1.54, 1.807) is 6.20 Å². The van der Waals surface area contributed by atoms with Gasteiger partial charge < -0.3 is 10.5 Å². The highest BCUT2D eigenvalue weighted by Crippen LogP contribution is 2.42. The lowest BCUT2D eigenvalue weighted by Gasteiger charge is -2.32. The lowest BCUT2D eigenvalue weighted by atomic mass is 9.82. The molecule has 128 valence electrons. The third kappa shape index (κ3) is 3.34. The van der Waals surface area contributed by atoms with Crippen LogP contribution < -0.4 is 5.73 Å². The molecule has 2 N–H and O–H groups in total. The SMILES string of the molecule is NC(=O)O[C@H](c1cn2ncc(C=O)cc2n1)C1CCC(F)(F)CC1. The van der Waals surface area contributed by atoms with Gasteiger partial charge in [0.15, 0.2) is 11.9 Å². The minimum absolute atomic E-state index is 0.200. The number of carbonyl (C=O) groups is 2. The fourth-order valence-electron chi connectivity index (χ4n) is 3.00. The molecule has 0 aromatic carbocycles. The highest BCUT2D eigenvalue weighted by Gasteiger charge is 2.40. The van der Waals surface area contributed by atoms with E-state index in [9.17, 15) is 18.4 Å². The number of primary amides is 1. The fourth-order valence-corrected chi connectivity index (χ4v) is 3.00. The molecule has 0 spiro atoms. The van der Waals surface area contributed by atoms with Gasteiger partial charge in [0.2, 0.25) is 5.92 Å². The summed E-state index contributed by atoms with van der Waals surface area (Å²) in [5, 5.41) is 4.03. The predicted molar refractivity (Wildman–Crippen MR) is 78.7 cm³/mol. The van der Waals surface area contributed by atoms with Gasteiger partial charge in [-0.15, -0.1) is 0 Å². The first-order valence-electron chi connectivity index (χ1n) is 7.52. The zero-order valence-electron chi connectivity index (χ0n) is 12.7. The second kappa shape index (κ2) is 6.14. The summed E-state index contributed by atoms with van der Waals surface area (Å²) < 4.78 is 33.3. The summed E-state index contributed by atoms with van der Waals surface area (Å²) in [5.74, 6) is -2.99. The average Bonchev–Trinajstić information content (AvgIpc) is 2.95. The molecule has 1 atom stereocenters. The van der Waals surface area contributed by atoms with E-state index in [0.29, 0.717) is 23.2 Å². The molecule has 2 heterocycles. The van der Waals surface area contributed by atoms with Crippen LogP contribution in [0.25, 0.3) is 5.65 Å². The number of rotatable bonds is 4. The molecule has 2 aromatic heterocycles. The molecule has 0 aliphatic heterocycles. The fraction of sp³-hybridized carbons (Fsp3) is 0.467. The number of aldehydes is 1. The van der Waals surface area contributed by atoms with E-state index in [1.807, 2.05) is 0 Å². The Morgan fingerprint density at radius 2 is 2.17 bits per heavy atom. The van der Waals surface area contributed by atoms with Gasteiger partial charge in [0.25, 0.3) is 0 Å². The number of imidazole rings is 1. The number of nitrogens with zero attached hydrogens (tertiary/aromatic N) is 3. The Labute approximate surface area is 135 Å². The molecule has 1 amide bonds. The maximum absolute atomic E-state index is 13.4. The van der Waals surface area contributed by atoms with Crippen LogP contribution in [0.3, 0.4) is 0 Å². The smallest absolute Gasteiger partial charge is 0.405 e. The van der Waals surface area contributed by atoms with Crippen molar-refractivity contribution in [3.05, 3.63) is 29.7 Å². The first-order chi connectivity index (χ1) is 11.4. The van der Waals surface area contributed by atoms with Gasteiger partial charge in [-0.1, -0.05) is 0 Å². The summed E-state index contributed by atoms with van der Waals surface area (Å²) in [6.07, 6.45) is 1.62. The lowest BCUT2D eigenvalue weighted by Crippen LogP contribution is -2.30. The van der Waals surface area contributed by atoms with Gasteiger partial charge in [-0.3, -0.25) is 4.79 Å². The number of aromatic nitrogens is 3. The van der Waals surface area contributed by atoms with Crippen molar-refractivity contribution < 1.29 is 23.1 Å². The van der Waals surface area contributed by atoms with E-state index < -0.39 is 18.1 Å². The topological polar surface area (TPSA) is 99.6 Å². The molecule has 2 aromatic rings. The van der Waals surface area contributed by atoms with Gasteiger partial charge in [0.05, 0.1) is 12.4 Å². The van der Waals surface area contributed by atoms with Crippen LogP contribution in [0.2, 0.25) is 0 Å². The molecule has 9 heteroatoms. The van der Waals surface area contributed by atoms with Crippen LogP contribution in [0.15, 0.2) is 18.5 Å². The molecule has 0 bridgehead atoms. The molecule has 7 nitrogen and oxygen atoms in total. The van der Waals surface area contributed by atoms with Crippen LogP contribution in [-0.4, -0.2) is 32.9 Å². The number of ether oxygens (including phenoxy) is 1. The molecular formula is C15H16F2N4O3. The molecule has 3 rings (SSSR count). The highest BCUT2D eigenvalue weighted by molar-refractivity contribution is 5.75. The number of nitrogens with two attached hydrogens (primary N) is 1. The van der Waals surface area contributed by atoms with Gasteiger partial charge in [-0.05, 0) is 18.9 Å². The standard InChI is InChI=1S/C15H16F2N4O3/c16-15(17)3-1-10(2-4-15)13(24-14(18)23)11-7-21-12(20-11)5-9(8-22)6-19-21/h5-8,10,13H,1-4H2,(H2,18,23)/t13-/m0/s1. The van der Waals surface area contributed by atoms with Crippen molar-refractivity contribution in [3.63, 3.8) is 0 Å². The van der Waals surface area contributed by atoms with Gasteiger partial charge in [-0.2, -0.15) is 5.10 Å². The van der Waals surface area contributed by atoms with Crippen molar-refractivity contribution in [1.29, 1.82) is 0 Å². The van der Waals surface area contributed by atoms with E-state index in [-0.39, 0.29) is 31.6 Å². The number of carbonyl (C=O) groups excluding carboxylic acids is 2. The van der Waals surface area contributed by atoms with E-state index in [2.05, 4.69) is 10.1 Å². The summed E-state index contributed by atoms with van der Waals surface area (Å²) in [6, 6.07) is 1.53. The summed E-state index contributed by atoms with van der Waals surface area (Å²) in [5.41, 5.74) is 6.25. The molecule has 1 saturated carbocycles. The van der Waals surface area contributed by atoms with Crippen LogP contribution in [-0.2, 0) is 4.74 Å². The van der Waals surface area contributed by atoms with Gasteiger partial charge in [0, 0.05) is 24.3 Å². The Morgan fingerprint density at radius 3 is 2.79 bits per heavy atom. The zero-order chi connectivity index (χ0) is 17.3. The monoisotopic (exact) mass is 338 g/mol. The molecule has 0 radical (unpaired) electrons. The third-order valence-electron chi connectivity index (χ3n) is 4.22. The van der Waals surface area contributed by atoms with Crippen molar-refractivity contribution in [2.75, 3.05) is 0 Å². The maximum Gasteiger partial charge on any atom is 0.405 e. The lowest BCUT2D eigenvalue weighted by molar-refractivity contribution is -0.0642. The van der Waals surface area contributed by atoms with Gasteiger partial charge in [0.1, 0.15) is 11.8 Å². The Balaban J connectivity index is 1.91. The first kappa shape index (κ1) is 16.3. The normalized spacial score (nSPS) is 19.1. The molecule has 0 saturated heterocycles. The maximum atomic E-state index is 13.4. The number of halogens is 2. The van der Waals surface area contributed by atoms with Gasteiger partial charge >= 0.3 is 6.09 Å². The number of hydrogen-bond acceptors (Lipinski definition) is 5. The zero-order valence-corrected chi connectivity index (χ0v) is 12.7. The van der Waals surface area contributed by atoms with Crippen LogP contribution in [0.1, 0.15) is 47.8 Å². The molecule has 1 fully saturated rings. The number of amides is 1. The number of alkyl halides is 2. The van der Waals surface area contributed by atoms with Crippen LogP contribution in [0.5, 0.6) is 0 Å². The van der Waals surface area contributed by atoms with Crippen molar-refractivity contribution in [3.8, 4) is 0 Å². The largest absolute Gasteiger partial charge is 0.440 e. The number of hydrogen-bond donors (Lipinski definition) is 1. The van der Waals surface area contributed by atoms with Crippen LogP contribution in [0.4, 0.5) is 13.6 Å². The summed E-state index contributed by atoms with van der Waals surface area (Å²) in [6.45, 7) is 0. The quantitative estimate of drug-likeness (QED) is 0.864. The van der Waals surface area contributed by atoms with Crippen molar-refractivity contribution in [2.24, 2.45) is 11.7 Å². The molecule has 1 aliphatic rings. The van der Waals surface area contributed by atoms with Crippen molar-refractivity contribution >= 4 is 18.0 Å². The summed E-state index contributed by atoms with van der Waals surface area (Å²) >= 11 is 0. The van der Waals surface area contributed by atoms with E-state index in [0.717, 1.165) is 0 Å². The first-order valence-corrected chi connectivity index (χ1v) is 7.52. The minimum Gasteiger partial charge on any atom is -0.440 e. The molecular weight excluding hydrogens is 322 g/mol. The average molecular weight is 338 g/mol. The molecule has 1 aliphatic carbocycles. The van der Waals surface area contributed by atoms with Crippen molar-refractivity contribution in [1.82, 2.24) is 14.6 Å². The third-order valence-corrected chi connectivity index (χ3v) is 4.22. The second-order valence-corrected chi connectivity index (χ2v) is 5.93. The number of fused-ring (bicyclic) bond motifs is 1. The summed E-state index contributed by atoms with van der Waals surface area (Å²) in [7, 11) is 0. The minimum atomic E-state index is -2.69. The van der Waals surface area contributed by atoms with Crippen molar-refractivity contribution in [2.45, 2.75) is 37.7 Å². The van der Waals surface area contributed by atoms with E-state index in [4.69, 9.17) is 10.5 Å². The Hall–Kier alpha value is -2.58. The Morgan fingerprint density at radius 1 is 1.46 bits per heavy atom. The Bertz CT molecular complexity index is 767. The predicted octanol–water partition coefficient (Wildman–Crippen LogP) is 2.50.